The lowest BCUT2D eigenvalue weighted by molar-refractivity contribution is 0.153. The van der Waals surface area contributed by atoms with E-state index in [1.165, 1.54) is 41.8 Å². The highest BCUT2D eigenvalue weighted by atomic mass is 35.5. The zero-order valence-corrected chi connectivity index (χ0v) is 15.5. The van der Waals surface area contributed by atoms with Crippen molar-refractivity contribution in [3.05, 3.63) is 65.1 Å². The van der Waals surface area contributed by atoms with E-state index in [0.29, 0.717) is 20.8 Å². The van der Waals surface area contributed by atoms with Crippen LogP contribution in [0, 0.1) is 11.6 Å². The van der Waals surface area contributed by atoms with Crippen molar-refractivity contribution in [1.29, 1.82) is 0 Å². The third-order valence-corrected chi connectivity index (χ3v) is 4.74. The van der Waals surface area contributed by atoms with Gasteiger partial charge in [0.1, 0.15) is 15.9 Å². The molecule has 2 aromatic heterocycles. The van der Waals surface area contributed by atoms with Crippen molar-refractivity contribution in [1.82, 2.24) is 19.7 Å². The summed E-state index contributed by atoms with van der Waals surface area (Å²) in [5, 5.41) is 14.1. The molecule has 0 fully saturated rings. The second-order valence-corrected chi connectivity index (χ2v) is 7.00. The minimum Gasteiger partial charge on any atom is -0.465 e. The summed E-state index contributed by atoms with van der Waals surface area (Å²) in [5.74, 6) is -2.05. The molecule has 0 aliphatic rings. The summed E-state index contributed by atoms with van der Waals surface area (Å²) in [6.07, 6.45) is 0.410. The Morgan fingerprint density at radius 1 is 1.33 bits per heavy atom. The highest BCUT2D eigenvalue weighted by Gasteiger charge is 2.18. The molecule has 0 saturated carbocycles. The van der Waals surface area contributed by atoms with Gasteiger partial charge in [-0.3, -0.25) is 0 Å². The lowest BCUT2D eigenvalue weighted by atomic mass is 10.3. The quantitative estimate of drug-likeness (QED) is 0.629. The number of carboxylic acid groups (broad SMARTS) is 1. The van der Waals surface area contributed by atoms with Crippen LogP contribution >= 0.6 is 23.4 Å². The molecule has 140 valence electrons. The molecule has 0 bridgehead atoms. The maximum Gasteiger partial charge on any atom is 0.407 e. The van der Waals surface area contributed by atoms with Gasteiger partial charge in [-0.1, -0.05) is 29.4 Å². The zero-order chi connectivity index (χ0) is 19.6. The van der Waals surface area contributed by atoms with Crippen LogP contribution in [0.25, 0.3) is 5.69 Å². The minimum absolute atomic E-state index is 0.00824. The SMILES string of the molecule is CN(Cc1cc(Sc2ccc(Cl)nc2)n(-c2cccc(F)c2F)n1)C(=O)O. The number of aromatic nitrogens is 3. The lowest BCUT2D eigenvalue weighted by Gasteiger charge is -2.10. The minimum atomic E-state index is -1.13. The molecule has 0 spiro atoms. The van der Waals surface area contributed by atoms with Crippen LogP contribution in [0.3, 0.4) is 0 Å². The number of carbonyl (C=O) groups is 1. The molecule has 1 aromatic carbocycles. The van der Waals surface area contributed by atoms with E-state index in [0.717, 1.165) is 11.0 Å². The first-order valence-corrected chi connectivity index (χ1v) is 8.81. The zero-order valence-electron chi connectivity index (χ0n) is 13.9. The van der Waals surface area contributed by atoms with Crippen molar-refractivity contribution in [3.63, 3.8) is 0 Å². The number of hydrogen-bond acceptors (Lipinski definition) is 4. The van der Waals surface area contributed by atoms with E-state index in [9.17, 15) is 13.6 Å². The van der Waals surface area contributed by atoms with Crippen molar-refractivity contribution in [3.8, 4) is 5.69 Å². The third-order valence-electron chi connectivity index (χ3n) is 3.54. The van der Waals surface area contributed by atoms with Crippen LogP contribution in [0.15, 0.2) is 52.5 Å². The molecule has 10 heteroatoms. The summed E-state index contributed by atoms with van der Waals surface area (Å²) in [4.78, 5) is 16.8. The average Bonchev–Trinajstić information content (AvgIpc) is 3.01. The van der Waals surface area contributed by atoms with Crippen molar-refractivity contribution in [2.45, 2.75) is 16.5 Å². The number of benzene rings is 1. The van der Waals surface area contributed by atoms with E-state index < -0.39 is 17.7 Å². The molecule has 0 aliphatic carbocycles. The molecule has 0 atom stereocenters. The van der Waals surface area contributed by atoms with E-state index in [1.54, 1.807) is 18.2 Å². The standard InChI is InChI=1S/C17H13ClF2N4O2S/c1-23(17(25)26)9-10-7-15(27-11-5-6-14(18)21-8-11)24(22-10)13-4-2-3-12(19)16(13)20/h2-8H,9H2,1H3,(H,25,26). The molecule has 3 aromatic rings. The Balaban J connectivity index is 2.03. The first-order chi connectivity index (χ1) is 12.8. The molecule has 27 heavy (non-hydrogen) atoms. The molecule has 0 radical (unpaired) electrons. The van der Waals surface area contributed by atoms with Crippen LogP contribution in [0.5, 0.6) is 0 Å². The Morgan fingerprint density at radius 3 is 2.78 bits per heavy atom. The average molecular weight is 411 g/mol. The van der Waals surface area contributed by atoms with Gasteiger partial charge in [-0.2, -0.15) is 5.10 Å². The van der Waals surface area contributed by atoms with E-state index >= 15 is 0 Å². The molecule has 0 aliphatic heterocycles. The number of amides is 1. The summed E-state index contributed by atoms with van der Waals surface area (Å²) < 4.78 is 29.2. The topological polar surface area (TPSA) is 71.2 Å². The third kappa shape index (κ3) is 4.37. The fraction of sp³-hybridized carbons (Fsp3) is 0.118. The number of halogens is 3. The monoisotopic (exact) mass is 410 g/mol. The first kappa shape index (κ1) is 19.1. The normalized spacial score (nSPS) is 10.8. The van der Waals surface area contributed by atoms with Crippen molar-refractivity contribution >= 4 is 29.5 Å². The molecule has 6 nitrogen and oxygen atoms in total. The lowest BCUT2D eigenvalue weighted by Crippen LogP contribution is -2.24. The van der Waals surface area contributed by atoms with Crippen molar-refractivity contribution < 1.29 is 18.7 Å². The molecular weight excluding hydrogens is 398 g/mol. The van der Waals surface area contributed by atoms with Gasteiger partial charge >= 0.3 is 6.09 Å². The van der Waals surface area contributed by atoms with Gasteiger partial charge in [-0.15, -0.1) is 0 Å². The molecule has 0 unspecified atom stereocenters. The van der Waals surface area contributed by atoms with Gasteiger partial charge in [0.05, 0.1) is 12.2 Å². The Hall–Kier alpha value is -2.65. The van der Waals surface area contributed by atoms with Gasteiger partial charge in [-0.25, -0.2) is 23.2 Å². The highest BCUT2D eigenvalue weighted by molar-refractivity contribution is 7.99. The van der Waals surface area contributed by atoms with Crippen molar-refractivity contribution in [2.75, 3.05) is 7.05 Å². The number of nitrogens with zero attached hydrogens (tertiary/aromatic N) is 4. The fourth-order valence-electron chi connectivity index (χ4n) is 2.24. The largest absolute Gasteiger partial charge is 0.465 e. The number of rotatable bonds is 5. The maximum absolute atomic E-state index is 14.3. The molecule has 3 rings (SSSR count). The van der Waals surface area contributed by atoms with Crippen LogP contribution in [0.1, 0.15) is 5.69 Å². The van der Waals surface area contributed by atoms with Gasteiger partial charge in [-0.05, 0) is 30.3 Å². The summed E-state index contributed by atoms with van der Waals surface area (Å²) in [6, 6.07) is 8.71. The summed E-state index contributed by atoms with van der Waals surface area (Å²) in [7, 11) is 1.39. The number of hydrogen-bond donors (Lipinski definition) is 1. The Kier molecular flexibility index (Phi) is 5.62. The van der Waals surface area contributed by atoms with Crippen molar-refractivity contribution in [2.24, 2.45) is 0 Å². The molecule has 2 heterocycles. The van der Waals surface area contributed by atoms with Crippen LogP contribution in [-0.4, -0.2) is 37.9 Å². The summed E-state index contributed by atoms with van der Waals surface area (Å²) >= 11 is 6.99. The fourth-order valence-corrected chi connectivity index (χ4v) is 3.26. The van der Waals surface area contributed by atoms with Crippen LogP contribution in [0.2, 0.25) is 5.15 Å². The Labute approximate surface area is 162 Å². The van der Waals surface area contributed by atoms with Crippen LogP contribution in [0.4, 0.5) is 13.6 Å². The smallest absolute Gasteiger partial charge is 0.407 e. The van der Waals surface area contributed by atoms with Gasteiger partial charge < -0.3 is 10.0 Å². The summed E-state index contributed by atoms with van der Waals surface area (Å²) in [6.45, 7) is -0.00824. The van der Waals surface area contributed by atoms with Gasteiger partial charge in [0.25, 0.3) is 0 Å². The predicted octanol–water partition coefficient (Wildman–Crippen LogP) is 4.46. The van der Waals surface area contributed by atoms with Gasteiger partial charge in [0, 0.05) is 18.1 Å². The molecular formula is C17H13ClF2N4O2S. The Morgan fingerprint density at radius 2 is 2.11 bits per heavy atom. The van der Waals surface area contributed by atoms with E-state index in [-0.39, 0.29) is 12.2 Å². The second-order valence-electron chi connectivity index (χ2n) is 5.52. The predicted molar refractivity (Wildman–Crippen MR) is 96.3 cm³/mol. The highest BCUT2D eigenvalue weighted by Crippen LogP contribution is 2.31. The van der Waals surface area contributed by atoms with E-state index in [2.05, 4.69) is 10.1 Å². The first-order valence-electron chi connectivity index (χ1n) is 7.62. The number of pyridine rings is 1. The van der Waals surface area contributed by atoms with Crippen LogP contribution in [-0.2, 0) is 6.54 Å². The molecule has 0 saturated heterocycles. The summed E-state index contributed by atoms with van der Waals surface area (Å²) in [5.41, 5.74) is 0.302. The second kappa shape index (κ2) is 7.93. The molecule has 1 amide bonds. The van der Waals surface area contributed by atoms with E-state index in [1.807, 2.05) is 0 Å². The van der Waals surface area contributed by atoms with Gasteiger partial charge in [0.15, 0.2) is 11.6 Å². The Bertz CT molecular complexity index is 982. The molecule has 1 N–H and O–H groups in total. The van der Waals surface area contributed by atoms with Gasteiger partial charge in [0.2, 0.25) is 0 Å². The van der Waals surface area contributed by atoms with Crippen LogP contribution < -0.4 is 0 Å². The van der Waals surface area contributed by atoms with E-state index in [4.69, 9.17) is 16.7 Å². The maximum atomic E-state index is 14.3.